The fourth-order valence-corrected chi connectivity index (χ4v) is 0.684. The molecular weight excluding hydrogens is 149 g/mol. The van der Waals surface area contributed by atoms with Crippen LogP contribution < -0.4 is 0 Å². The maximum absolute atomic E-state index is 11.7. The Kier molecular flexibility index (Phi) is 1.87. The van der Waals surface area contributed by atoms with Crippen LogP contribution in [0, 0.1) is 0 Å². The van der Waals surface area contributed by atoms with Crippen molar-refractivity contribution in [1.29, 1.82) is 0 Å². The maximum atomic E-state index is 11.7. The van der Waals surface area contributed by atoms with Gasteiger partial charge in [-0.15, -0.1) is 0 Å². The highest BCUT2D eigenvalue weighted by Crippen LogP contribution is 2.28. The summed E-state index contributed by atoms with van der Waals surface area (Å²) < 4.78 is 43.7. The summed E-state index contributed by atoms with van der Waals surface area (Å²) in [6.45, 7) is 1.55. The van der Waals surface area contributed by atoms with Crippen LogP contribution in [0.25, 0.3) is 0 Å². The van der Waals surface area contributed by atoms with Gasteiger partial charge in [0.05, 0.1) is 12.7 Å². The minimum Gasteiger partial charge on any atom is -0.342 e. The van der Waals surface area contributed by atoms with Crippen LogP contribution in [0.15, 0.2) is 0 Å². The van der Waals surface area contributed by atoms with Crippen molar-refractivity contribution in [2.45, 2.75) is 25.5 Å². The third kappa shape index (κ3) is 1.60. The summed E-state index contributed by atoms with van der Waals surface area (Å²) in [7, 11) is 0. The highest BCUT2D eigenvalue weighted by atomic mass is 19.4. The average Bonchev–Trinajstić information content (AvgIpc) is 2.11. The average molecular weight is 156 g/mol. The van der Waals surface area contributed by atoms with Crippen molar-refractivity contribution in [2.24, 2.45) is 0 Å². The van der Waals surface area contributed by atoms with Gasteiger partial charge in [-0.1, -0.05) is 0 Å². The van der Waals surface area contributed by atoms with Gasteiger partial charge in [-0.2, -0.15) is 13.2 Å². The Hall–Kier alpha value is -0.290. The maximum Gasteiger partial charge on any atom is 0.440 e. The van der Waals surface area contributed by atoms with Crippen molar-refractivity contribution in [1.82, 2.24) is 0 Å². The fourth-order valence-electron chi connectivity index (χ4n) is 0.684. The van der Waals surface area contributed by atoms with E-state index < -0.39 is 18.6 Å². The molecule has 0 unspecified atom stereocenters. The number of halogens is 3. The summed E-state index contributed by atoms with van der Waals surface area (Å²) in [5.41, 5.74) is 0. The van der Waals surface area contributed by atoms with Crippen LogP contribution in [-0.4, -0.2) is 25.2 Å². The van der Waals surface area contributed by atoms with Crippen molar-refractivity contribution < 1.29 is 22.6 Å². The van der Waals surface area contributed by atoms with E-state index >= 15 is 0 Å². The van der Waals surface area contributed by atoms with Gasteiger partial charge in [-0.3, -0.25) is 0 Å². The molecule has 0 aromatic rings. The van der Waals surface area contributed by atoms with E-state index in [1.54, 1.807) is 0 Å². The first-order chi connectivity index (χ1) is 4.50. The van der Waals surface area contributed by atoms with Crippen molar-refractivity contribution >= 4 is 0 Å². The molecule has 0 amide bonds. The molecule has 1 fully saturated rings. The molecule has 1 saturated heterocycles. The van der Waals surface area contributed by atoms with Crippen LogP contribution in [0.1, 0.15) is 6.92 Å². The monoisotopic (exact) mass is 156 g/mol. The first kappa shape index (κ1) is 7.81. The van der Waals surface area contributed by atoms with Crippen molar-refractivity contribution in [3.05, 3.63) is 0 Å². The quantitative estimate of drug-likeness (QED) is 0.526. The van der Waals surface area contributed by atoms with Crippen LogP contribution >= 0.6 is 0 Å². The third-order valence-corrected chi connectivity index (χ3v) is 1.11. The van der Waals surface area contributed by atoms with E-state index in [4.69, 9.17) is 0 Å². The molecule has 2 nitrogen and oxygen atoms in total. The molecule has 0 aliphatic carbocycles. The van der Waals surface area contributed by atoms with Crippen molar-refractivity contribution in [3.8, 4) is 0 Å². The predicted octanol–water partition coefficient (Wildman–Crippen LogP) is 1.31. The Balaban J connectivity index is 2.45. The summed E-state index contributed by atoms with van der Waals surface area (Å²) in [5, 5.41) is 0. The van der Waals surface area contributed by atoms with Gasteiger partial charge in [0.15, 0.2) is 0 Å². The molecule has 0 bridgehead atoms. The van der Waals surface area contributed by atoms with Crippen LogP contribution in [0.4, 0.5) is 13.2 Å². The third-order valence-electron chi connectivity index (χ3n) is 1.11. The number of hydrogen-bond acceptors (Lipinski definition) is 2. The number of ether oxygens (including phenoxy) is 2. The zero-order chi connectivity index (χ0) is 7.78. The molecule has 60 valence electrons. The molecule has 0 radical (unpaired) electrons. The van der Waals surface area contributed by atoms with Crippen LogP contribution in [-0.2, 0) is 9.47 Å². The second-order valence-corrected chi connectivity index (χ2v) is 2.15. The van der Waals surface area contributed by atoms with Gasteiger partial charge in [-0.25, -0.2) is 0 Å². The first-order valence-electron chi connectivity index (χ1n) is 2.84. The topological polar surface area (TPSA) is 18.5 Å². The second kappa shape index (κ2) is 2.39. The number of hydrogen-bond donors (Lipinski definition) is 0. The van der Waals surface area contributed by atoms with E-state index in [9.17, 15) is 13.2 Å². The zero-order valence-electron chi connectivity index (χ0n) is 5.31. The molecule has 1 rings (SSSR count). The van der Waals surface area contributed by atoms with Gasteiger partial charge >= 0.3 is 6.18 Å². The Labute approximate surface area is 55.9 Å². The lowest BCUT2D eigenvalue weighted by molar-refractivity contribution is -0.276. The van der Waals surface area contributed by atoms with E-state index in [2.05, 4.69) is 9.47 Å². The Morgan fingerprint density at radius 1 is 1.40 bits per heavy atom. The van der Waals surface area contributed by atoms with E-state index in [-0.39, 0.29) is 6.61 Å². The summed E-state index contributed by atoms with van der Waals surface area (Å²) in [5.74, 6) is 0. The molecule has 1 aliphatic rings. The molecule has 0 saturated carbocycles. The standard InChI is InChI=1S/C5H7F3O2/c1-3-2-9-4(10-3)5(6,7)8/h3-4H,2H2,1H3/t3-,4-/m0/s1. The van der Waals surface area contributed by atoms with Crippen molar-refractivity contribution in [2.75, 3.05) is 6.61 Å². The minimum absolute atomic E-state index is 0.0180. The molecule has 0 N–H and O–H groups in total. The van der Waals surface area contributed by atoms with E-state index in [0.717, 1.165) is 0 Å². The lowest BCUT2D eigenvalue weighted by Crippen LogP contribution is -2.29. The SMILES string of the molecule is C[C@H]1CO[C@H](C(F)(F)F)O1. The Morgan fingerprint density at radius 2 is 2.00 bits per heavy atom. The van der Waals surface area contributed by atoms with Gasteiger partial charge in [0.2, 0.25) is 0 Å². The lowest BCUT2D eigenvalue weighted by Gasteiger charge is -2.12. The molecule has 0 aromatic carbocycles. The smallest absolute Gasteiger partial charge is 0.342 e. The zero-order valence-corrected chi connectivity index (χ0v) is 5.31. The van der Waals surface area contributed by atoms with Gasteiger partial charge in [0.1, 0.15) is 0 Å². The highest BCUT2D eigenvalue weighted by molar-refractivity contribution is 4.65. The summed E-state index contributed by atoms with van der Waals surface area (Å²) in [4.78, 5) is 0. The van der Waals surface area contributed by atoms with E-state index in [1.165, 1.54) is 6.92 Å². The van der Waals surface area contributed by atoms with Crippen molar-refractivity contribution in [3.63, 3.8) is 0 Å². The Morgan fingerprint density at radius 3 is 2.20 bits per heavy atom. The molecule has 0 spiro atoms. The number of alkyl halides is 3. The molecular formula is C5H7F3O2. The normalized spacial score (nSPS) is 34.8. The molecule has 5 heteroatoms. The predicted molar refractivity (Wildman–Crippen MR) is 26.3 cm³/mol. The second-order valence-electron chi connectivity index (χ2n) is 2.15. The largest absolute Gasteiger partial charge is 0.440 e. The fraction of sp³-hybridized carbons (Fsp3) is 1.00. The molecule has 0 aromatic heterocycles. The molecule has 2 atom stereocenters. The highest BCUT2D eigenvalue weighted by Gasteiger charge is 2.46. The van der Waals surface area contributed by atoms with E-state index in [1.807, 2.05) is 0 Å². The van der Waals surface area contributed by atoms with Crippen LogP contribution in [0.5, 0.6) is 0 Å². The van der Waals surface area contributed by atoms with Gasteiger partial charge in [0, 0.05) is 0 Å². The number of rotatable bonds is 0. The Bertz CT molecular complexity index is 123. The van der Waals surface area contributed by atoms with Crippen LogP contribution in [0.3, 0.4) is 0 Å². The van der Waals surface area contributed by atoms with Crippen LogP contribution in [0.2, 0.25) is 0 Å². The summed E-state index contributed by atoms with van der Waals surface area (Å²) >= 11 is 0. The summed E-state index contributed by atoms with van der Waals surface area (Å²) in [6.07, 6.45) is -6.85. The lowest BCUT2D eigenvalue weighted by atomic mass is 10.5. The molecule has 10 heavy (non-hydrogen) atoms. The van der Waals surface area contributed by atoms with Gasteiger partial charge in [-0.05, 0) is 6.92 Å². The first-order valence-corrected chi connectivity index (χ1v) is 2.84. The van der Waals surface area contributed by atoms with Gasteiger partial charge in [0.25, 0.3) is 6.29 Å². The van der Waals surface area contributed by atoms with Gasteiger partial charge < -0.3 is 9.47 Å². The van der Waals surface area contributed by atoms with E-state index in [0.29, 0.717) is 0 Å². The molecule has 1 aliphatic heterocycles. The minimum atomic E-state index is -4.38. The molecule has 1 heterocycles. The summed E-state index contributed by atoms with van der Waals surface area (Å²) in [6, 6.07) is 0.